The third kappa shape index (κ3) is 2.70. The van der Waals surface area contributed by atoms with E-state index in [1.54, 1.807) is 12.1 Å². The van der Waals surface area contributed by atoms with Crippen molar-refractivity contribution < 1.29 is 10.0 Å². The molecular weight excluding hydrogens is 230 g/mol. The van der Waals surface area contributed by atoms with Crippen molar-refractivity contribution >= 4 is 5.69 Å². The lowest BCUT2D eigenvalue weighted by Crippen LogP contribution is -2.08. The first kappa shape index (κ1) is 13.0. The Balaban J connectivity index is 2.36. The summed E-state index contributed by atoms with van der Waals surface area (Å²) in [5.74, 6) is 0.287. The molecule has 1 aliphatic rings. The molecule has 2 rings (SSSR count). The highest BCUT2D eigenvalue weighted by Crippen LogP contribution is 2.38. The Morgan fingerprint density at radius 2 is 2.00 bits per heavy atom. The average Bonchev–Trinajstić information content (AvgIpc) is 2.39. The number of benzene rings is 1. The van der Waals surface area contributed by atoms with Crippen LogP contribution in [0.5, 0.6) is 0 Å². The number of hydrogen-bond acceptors (Lipinski definition) is 3. The van der Waals surface area contributed by atoms with Crippen LogP contribution in [0.3, 0.4) is 0 Å². The average molecular weight is 248 g/mol. The summed E-state index contributed by atoms with van der Waals surface area (Å²) in [6, 6.07) is 4.99. The summed E-state index contributed by atoms with van der Waals surface area (Å²) in [6.07, 6.45) is 4.63. The first-order chi connectivity index (χ1) is 8.59. The Hall–Kier alpha value is -1.42. The van der Waals surface area contributed by atoms with Gasteiger partial charge < -0.3 is 5.11 Å². The monoisotopic (exact) mass is 248 g/mol. The summed E-state index contributed by atoms with van der Waals surface area (Å²) in [7, 11) is 0. The molecule has 0 bridgehead atoms. The zero-order chi connectivity index (χ0) is 13.1. The Bertz CT molecular complexity index is 437. The smallest absolute Gasteiger partial charge is 0.273 e. The summed E-state index contributed by atoms with van der Waals surface area (Å²) in [5.41, 5.74) is 1.44. The third-order valence-electron chi connectivity index (χ3n) is 3.68. The Kier molecular flexibility index (Phi) is 3.97. The molecule has 1 aromatic carbocycles. The predicted molar refractivity (Wildman–Crippen MR) is 69.2 cm³/mol. The van der Waals surface area contributed by atoms with Crippen LogP contribution in [0.1, 0.15) is 55.3 Å². The lowest BCUT2D eigenvalue weighted by atomic mass is 9.83. The molecule has 18 heavy (non-hydrogen) atoms. The molecular formula is C14H18NO3. The molecule has 0 amide bonds. The van der Waals surface area contributed by atoms with Crippen molar-refractivity contribution in [2.45, 2.75) is 44.1 Å². The Labute approximate surface area is 107 Å². The molecule has 0 saturated heterocycles. The molecule has 1 N–H and O–H groups in total. The Morgan fingerprint density at radius 1 is 1.33 bits per heavy atom. The third-order valence-corrected chi connectivity index (χ3v) is 3.68. The zero-order valence-corrected chi connectivity index (χ0v) is 10.3. The van der Waals surface area contributed by atoms with Gasteiger partial charge in [0.15, 0.2) is 0 Å². The highest BCUT2D eigenvalue weighted by molar-refractivity contribution is 5.46. The van der Waals surface area contributed by atoms with Crippen LogP contribution in [0, 0.1) is 17.0 Å². The molecule has 0 heterocycles. The molecule has 4 heteroatoms. The highest BCUT2D eigenvalue weighted by atomic mass is 16.6. The largest absolute Gasteiger partial charge is 0.388 e. The quantitative estimate of drug-likeness (QED) is 0.657. The fraction of sp³-hybridized carbons (Fsp3) is 0.500. The number of aliphatic hydroxyl groups is 1. The van der Waals surface area contributed by atoms with Crippen molar-refractivity contribution in [1.29, 1.82) is 0 Å². The molecule has 1 aromatic rings. The zero-order valence-electron chi connectivity index (χ0n) is 10.3. The van der Waals surface area contributed by atoms with E-state index < -0.39 is 6.10 Å². The van der Waals surface area contributed by atoms with E-state index in [-0.39, 0.29) is 16.5 Å². The van der Waals surface area contributed by atoms with Gasteiger partial charge in [0, 0.05) is 11.6 Å². The van der Waals surface area contributed by atoms with Crippen LogP contribution in [0.4, 0.5) is 5.69 Å². The van der Waals surface area contributed by atoms with Gasteiger partial charge >= 0.3 is 0 Å². The normalized spacial score (nSPS) is 18.6. The molecule has 97 valence electrons. The molecule has 1 fully saturated rings. The van der Waals surface area contributed by atoms with Gasteiger partial charge in [0.2, 0.25) is 0 Å². The van der Waals surface area contributed by atoms with Gasteiger partial charge in [-0.25, -0.2) is 0 Å². The number of nitro benzene ring substituents is 1. The lowest BCUT2D eigenvalue weighted by Gasteiger charge is -2.22. The van der Waals surface area contributed by atoms with E-state index >= 15 is 0 Å². The molecule has 1 aliphatic carbocycles. The van der Waals surface area contributed by atoms with Crippen LogP contribution in [0.15, 0.2) is 18.2 Å². The second-order valence-electron chi connectivity index (χ2n) is 4.93. The second-order valence-corrected chi connectivity index (χ2v) is 4.93. The summed E-state index contributed by atoms with van der Waals surface area (Å²) in [6.45, 7) is 3.48. The van der Waals surface area contributed by atoms with Crippen molar-refractivity contribution in [3.8, 4) is 0 Å². The number of hydrogen-bond donors (Lipinski definition) is 1. The summed E-state index contributed by atoms with van der Waals surface area (Å²) >= 11 is 0. The van der Waals surface area contributed by atoms with Gasteiger partial charge in [-0.1, -0.05) is 31.4 Å². The van der Waals surface area contributed by atoms with Crippen LogP contribution in [-0.4, -0.2) is 10.0 Å². The van der Waals surface area contributed by atoms with Crippen molar-refractivity contribution in [3.63, 3.8) is 0 Å². The van der Waals surface area contributed by atoms with Crippen molar-refractivity contribution in [3.05, 3.63) is 46.4 Å². The molecule has 1 atom stereocenters. The minimum absolute atomic E-state index is 0.127. The van der Waals surface area contributed by atoms with Crippen molar-refractivity contribution in [2.24, 2.45) is 0 Å². The standard InChI is InChI=1S/C14H18NO3/c1-10(16)12-7-8-13(14(9-12)15(17)18)11-5-3-2-4-6-11/h7-11,16H,1-6H2. The molecule has 1 unspecified atom stereocenters. The van der Waals surface area contributed by atoms with E-state index in [4.69, 9.17) is 0 Å². The van der Waals surface area contributed by atoms with Gasteiger partial charge in [-0.2, -0.15) is 0 Å². The van der Waals surface area contributed by atoms with Gasteiger partial charge in [-0.15, -0.1) is 0 Å². The van der Waals surface area contributed by atoms with E-state index in [1.165, 1.54) is 12.5 Å². The predicted octanol–water partition coefficient (Wildman–Crippen LogP) is 3.51. The van der Waals surface area contributed by atoms with Crippen LogP contribution in [-0.2, 0) is 0 Å². The van der Waals surface area contributed by atoms with Gasteiger partial charge in [-0.05, 0) is 31.2 Å². The lowest BCUT2D eigenvalue weighted by molar-refractivity contribution is -0.385. The van der Waals surface area contributed by atoms with E-state index in [9.17, 15) is 15.2 Å². The van der Waals surface area contributed by atoms with Gasteiger partial charge in [0.05, 0.1) is 11.0 Å². The van der Waals surface area contributed by atoms with E-state index in [0.717, 1.165) is 31.2 Å². The number of nitro groups is 1. The summed E-state index contributed by atoms with van der Waals surface area (Å²) < 4.78 is 0. The maximum absolute atomic E-state index is 11.1. The Morgan fingerprint density at radius 3 is 2.56 bits per heavy atom. The molecule has 1 radical (unpaired) electrons. The SMILES string of the molecule is [CH2]C(O)c1ccc(C2CCCCC2)c([N+](=O)[O-])c1. The topological polar surface area (TPSA) is 63.4 Å². The minimum atomic E-state index is -0.913. The van der Waals surface area contributed by atoms with Crippen LogP contribution < -0.4 is 0 Å². The maximum atomic E-state index is 11.1. The van der Waals surface area contributed by atoms with E-state index in [2.05, 4.69) is 6.92 Å². The summed E-state index contributed by atoms with van der Waals surface area (Å²) in [4.78, 5) is 10.8. The van der Waals surface area contributed by atoms with Gasteiger partial charge in [0.1, 0.15) is 0 Å². The van der Waals surface area contributed by atoms with Gasteiger partial charge in [-0.3, -0.25) is 10.1 Å². The number of nitrogens with zero attached hydrogens (tertiary/aromatic N) is 1. The summed E-state index contributed by atoms with van der Waals surface area (Å²) in [5, 5.41) is 20.5. The molecule has 1 saturated carbocycles. The fourth-order valence-corrected chi connectivity index (χ4v) is 2.68. The van der Waals surface area contributed by atoms with Crippen LogP contribution in [0.2, 0.25) is 0 Å². The maximum Gasteiger partial charge on any atom is 0.273 e. The molecule has 0 aliphatic heterocycles. The van der Waals surface area contributed by atoms with E-state index in [0.29, 0.717) is 5.56 Å². The minimum Gasteiger partial charge on any atom is -0.388 e. The van der Waals surface area contributed by atoms with Crippen molar-refractivity contribution in [1.82, 2.24) is 0 Å². The van der Waals surface area contributed by atoms with Crippen LogP contribution in [0.25, 0.3) is 0 Å². The molecule has 0 spiro atoms. The molecule has 4 nitrogen and oxygen atoms in total. The van der Waals surface area contributed by atoms with Gasteiger partial charge in [0.25, 0.3) is 5.69 Å². The second kappa shape index (κ2) is 5.48. The number of aliphatic hydroxyl groups excluding tert-OH is 1. The van der Waals surface area contributed by atoms with Crippen LogP contribution >= 0.6 is 0 Å². The fourth-order valence-electron chi connectivity index (χ4n) is 2.68. The van der Waals surface area contributed by atoms with Crippen molar-refractivity contribution in [2.75, 3.05) is 0 Å². The molecule has 0 aromatic heterocycles. The first-order valence-electron chi connectivity index (χ1n) is 6.39. The number of rotatable bonds is 3. The first-order valence-corrected chi connectivity index (χ1v) is 6.39. The van der Waals surface area contributed by atoms with E-state index in [1.807, 2.05) is 0 Å². The highest BCUT2D eigenvalue weighted by Gasteiger charge is 2.24.